The molecule has 5 nitrogen and oxygen atoms in total. The summed E-state index contributed by atoms with van der Waals surface area (Å²) in [5, 5.41) is 0.965. The molecule has 4 aromatic rings. The van der Waals surface area contributed by atoms with Gasteiger partial charge in [-0.1, -0.05) is 57.9 Å². The lowest BCUT2D eigenvalue weighted by atomic mass is 9.98. The largest absolute Gasteiger partial charge is 0.497 e. The highest BCUT2D eigenvalue weighted by molar-refractivity contribution is 9.10. The summed E-state index contributed by atoms with van der Waals surface area (Å²) in [5.41, 5.74) is 1.99. The Kier molecular flexibility index (Phi) is 5.27. The number of carbonyl (C=O) groups excluding carboxylic acids is 1. The summed E-state index contributed by atoms with van der Waals surface area (Å²) in [5.74, 6) is 0.341. The highest BCUT2D eigenvalue weighted by atomic mass is 79.9. The van der Waals surface area contributed by atoms with Gasteiger partial charge < -0.3 is 14.1 Å². The summed E-state index contributed by atoms with van der Waals surface area (Å²) in [6.07, 6.45) is 0. The van der Waals surface area contributed by atoms with E-state index in [-0.39, 0.29) is 23.6 Å². The first kappa shape index (κ1) is 20.8. The summed E-state index contributed by atoms with van der Waals surface area (Å²) in [4.78, 5) is 28.8. The number of hydrogen-bond donors (Lipinski definition) is 0. The fourth-order valence-corrected chi connectivity index (χ4v) is 4.68. The van der Waals surface area contributed by atoms with Crippen LogP contribution in [-0.4, -0.2) is 17.9 Å². The van der Waals surface area contributed by atoms with Crippen molar-refractivity contribution in [1.82, 2.24) is 4.90 Å². The molecule has 0 spiro atoms. The molecule has 1 aliphatic rings. The number of methoxy groups -OCH3 is 1. The molecule has 0 saturated carbocycles. The second-order valence-electron chi connectivity index (χ2n) is 7.52. The third-order valence-electron chi connectivity index (χ3n) is 5.64. The molecule has 160 valence electrons. The zero-order valence-corrected chi connectivity index (χ0v) is 19.3. The first-order valence-electron chi connectivity index (χ1n) is 9.92. The number of benzene rings is 3. The topological polar surface area (TPSA) is 59.8 Å². The van der Waals surface area contributed by atoms with Crippen LogP contribution in [0.2, 0.25) is 5.02 Å². The van der Waals surface area contributed by atoms with Gasteiger partial charge in [-0.3, -0.25) is 9.59 Å². The molecule has 0 radical (unpaired) electrons. The van der Waals surface area contributed by atoms with E-state index in [9.17, 15) is 9.59 Å². The quantitative estimate of drug-likeness (QED) is 0.340. The van der Waals surface area contributed by atoms with Crippen LogP contribution >= 0.6 is 27.5 Å². The van der Waals surface area contributed by atoms with Gasteiger partial charge in [0.05, 0.1) is 24.1 Å². The SMILES string of the molecule is COc1cccc(C2c3c(oc4ccc(Br)cc4c3=O)C(=O)N2Cc2ccccc2Cl)c1. The van der Waals surface area contributed by atoms with Gasteiger partial charge in [-0.25, -0.2) is 0 Å². The third-order valence-corrected chi connectivity index (χ3v) is 6.50. The minimum Gasteiger partial charge on any atom is -0.497 e. The van der Waals surface area contributed by atoms with Crippen molar-refractivity contribution < 1.29 is 13.9 Å². The summed E-state index contributed by atoms with van der Waals surface area (Å²) >= 11 is 9.80. The Hall–Kier alpha value is -3.09. The number of fused-ring (bicyclic) bond motifs is 2. The molecule has 2 heterocycles. The molecule has 1 aliphatic heterocycles. The predicted octanol–water partition coefficient (Wildman–Crippen LogP) is 5.96. The van der Waals surface area contributed by atoms with Gasteiger partial charge in [-0.05, 0) is 47.5 Å². The molecule has 3 aromatic carbocycles. The monoisotopic (exact) mass is 509 g/mol. The van der Waals surface area contributed by atoms with E-state index in [1.54, 1.807) is 36.3 Å². The number of halogens is 2. The van der Waals surface area contributed by atoms with E-state index in [2.05, 4.69) is 15.9 Å². The van der Waals surface area contributed by atoms with Crippen molar-refractivity contribution in [3.8, 4) is 5.75 Å². The van der Waals surface area contributed by atoms with Crippen LogP contribution in [0.1, 0.15) is 33.3 Å². The maximum Gasteiger partial charge on any atom is 0.291 e. The predicted molar refractivity (Wildman–Crippen MR) is 126 cm³/mol. The van der Waals surface area contributed by atoms with E-state index in [0.29, 0.717) is 27.3 Å². The molecule has 1 amide bonds. The summed E-state index contributed by atoms with van der Waals surface area (Å²) in [7, 11) is 1.58. The number of rotatable bonds is 4. The van der Waals surface area contributed by atoms with E-state index in [0.717, 1.165) is 15.6 Å². The standard InChI is InChI=1S/C25H17BrClNO4/c1-31-17-7-4-6-14(11-17)22-21-23(29)18-12-16(26)9-10-20(18)32-24(21)25(30)28(22)13-15-5-2-3-8-19(15)27/h2-12,22H,13H2,1H3. The Morgan fingerprint density at radius 3 is 2.66 bits per heavy atom. The van der Waals surface area contributed by atoms with Crippen LogP contribution in [0.4, 0.5) is 0 Å². The molecule has 1 atom stereocenters. The number of hydrogen-bond acceptors (Lipinski definition) is 4. The van der Waals surface area contributed by atoms with Crippen LogP contribution in [0, 0.1) is 0 Å². The van der Waals surface area contributed by atoms with Crippen LogP contribution in [0.3, 0.4) is 0 Å². The van der Waals surface area contributed by atoms with Crippen molar-refractivity contribution in [2.45, 2.75) is 12.6 Å². The lowest BCUT2D eigenvalue weighted by molar-refractivity contribution is 0.0714. The van der Waals surface area contributed by atoms with Gasteiger partial charge in [0.1, 0.15) is 11.3 Å². The van der Waals surface area contributed by atoms with Crippen molar-refractivity contribution >= 4 is 44.4 Å². The highest BCUT2D eigenvalue weighted by Crippen LogP contribution is 2.40. The average Bonchev–Trinajstić information content (AvgIpc) is 3.08. The normalized spacial score (nSPS) is 15.3. The van der Waals surface area contributed by atoms with Crippen LogP contribution in [0.25, 0.3) is 11.0 Å². The summed E-state index contributed by atoms with van der Waals surface area (Å²) in [6, 6.07) is 19.2. The van der Waals surface area contributed by atoms with Crippen LogP contribution in [0.5, 0.6) is 5.75 Å². The van der Waals surface area contributed by atoms with Gasteiger partial charge in [-0.15, -0.1) is 0 Å². The first-order chi connectivity index (χ1) is 15.5. The molecular formula is C25H17BrClNO4. The lowest BCUT2D eigenvalue weighted by Crippen LogP contribution is -2.29. The Labute approximate surface area is 197 Å². The van der Waals surface area contributed by atoms with Crippen LogP contribution in [0.15, 0.2) is 80.4 Å². The fourth-order valence-electron chi connectivity index (χ4n) is 4.12. The molecule has 1 unspecified atom stereocenters. The van der Waals surface area contributed by atoms with Crippen LogP contribution in [-0.2, 0) is 6.54 Å². The summed E-state index contributed by atoms with van der Waals surface area (Å²) < 4.78 is 12.1. The maximum absolute atomic E-state index is 13.6. The number of nitrogens with zero attached hydrogens (tertiary/aromatic N) is 1. The van der Waals surface area contributed by atoms with Crippen molar-refractivity contribution in [2.24, 2.45) is 0 Å². The van der Waals surface area contributed by atoms with Gasteiger partial charge in [0.25, 0.3) is 5.91 Å². The second-order valence-corrected chi connectivity index (χ2v) is 8.84. The van der Waals surface area contributed by atoms with Gasteiger partial charge in [0.15, 0.2) is 5.43 Å². The highest BCUT2D eigenvalue weighted by Gasteiger charge is 2.43. The average molecular weight is 511 g/mol. The van der Waals surface area contributed by atoms with Crippen molar-refractivity contribution in [3.63, 3.8) is 0 Å². The minimum absolute atomic E-state index is 0.0599. The lowest BCUT2D eigenvalue weighted by Gasteiger charge is -2.26. The van der Waals surface area contributed by atoms with E-state index in [1.807, 2.05) is 42.5 Å². The van der Waals surface area contributed by atoms with Crippen molar-refractivity contribution in [1.29, 1.82) is 0 Å². The summed E-state index contributed by atoms with van der Waals surface area (Å²) in [6.45, 7) is 0.226. The molecule has 0 aliphatic carbocycles. The Morgan fingerprint density at radius 2 is 1.88 bits per heavy atom. The van der Waals surface area contributed by atoms with Crippen molar-refractivity contribution in [2.75, 3.05) is 7.11 Å². The molecule has 0 saturated heterocycles. The number of amides is 1. The molecule has 0 N–H and O–H groups in total. The Bertz CT molecular complexity index is 1430. The Morgan fingerprint density at radius 1 is 1.06 bits per heavy atom. The van der Waals surface area contributed by atoms with Crippen molar-refractivity contribution in [3.05, 3.63) is 109 Å². The van der Waals surface area contributed by atoms with Gasteiger partial charge >= 0.3 is 0 Å². The molecule has 7 heteroatoms. The minimum atomic E-state index is -0.636. The van der Waals surface area contributed by atoms with Gasteiger partial charge in [0, 0.05) is 16.0 Å². The maximum atomic E-state index is 13.6. The van der Waals surface area contributed by atoms with Gasteiger partial charge in [0.2, 0.25) is 5.76 Å². The van der Waals surface area contributed by atoms with E-state index >= 15 is 0 Å². The zero-order valence-electron chi connectivity index (χ0n) is 17.0. The van der Waals surface area contributed by atoms with E-state index < -0.39 is 6.04 Å². The Balaban J connectivity index is 1.75. The van der Waals surface area contributed by atoms with E-state index in [4.69, 9.17) is 20.8 Å². The number of carbonyl (C=O) groups is 1. The molecule has 1 aromatic heterocycles. The number of ether oxygens (including phenoxy) is 1. The van der Waals surface area contributed by atoms with Crippen LogP contribution < -0.4 is 10.2 Å². The third kappa shape index (κ3) is 3.40. The molecule has 32 heavy (non-hydrogen) atoms. The zero-order chi connectivity index (χ0) is 22.4. The molecular weight excluding hydrogens is 494 g/mol. The van der Waals surface area contributed by atoms with Gasteiger partial charge in [-0.2, -0.15) is 0 Å². The smallest absolute Gasteiger partial charge is 0.291 e. The molecule has 5 rings (SSSR count). The fraction of sp³-hybridized carbons (Fsp3) is 0.120. The van der Waals surface area contributed by atoms with E-state index in [1.165, 1.54) is 0 Å². The molecule has 0 bridgehead atoms. The second kappa shape index (κ2) is 8.11. The first-order valence-corrected chi connectivity index (χ1v) is 11.1. The molecule has 0 fully saturated rings.